The van der Waals surface area contributed by atoms with Gasteiger partial charge in [-0.2, -0.15) is 5.10 Å². The van der Waals surface area contributed by atoms with Crippen molar-refractivity contribution >= 4 is 23.6 Å². The van der Waals surface area contributed by atoms with Crippen LogP contribution in [0.4, 0.5) is 11.4 Å². The zero-order valence-corrected chi connectivity index (χ0v) is 16.5. The Hall–Kier alpha value is -3.80. The Morgan fingerprint density at radius 3 is 1.76 bits per heavy atom. The Kier molecular flexibility index (Phi) is 6.47. The molecule has 0 saturated carbocycles. The van der Waals surface area contributed by atoms with Crippen LogP contribution in [0.1, 0.15) is 12.5 Å². The van der Waals surface area contributed by atoms with E-state index in [4.69, 9.17) is 14.2 Å². The van der Waals surface area contributed by atoms with Gasteiger partial charge in [0, 0.05) is 12.5 Å². The van der Waals surface area contributed by atoms with Crippen LogP contribution in [-0.2, 0) is 4.79 Å². The Bertz CT molecular complexity index is 924. The molecule has 0 aliphatic rings. The largest absolute Gasteiger partial charge is 0.493 e. The Morgan fingerprint density at radius 1 is 0.862 bits per heavy atom. The number of hydrogen-bond acceptors (Lipinski definition) is 6. The lowest BCUT2D eigenvalue weighted by atomic mass is 10.2. The van der Waals surface area contributed by atoms with Gasteiger partial charge in [0.1, 0.15) is 0 Å². The number of anilines is 2. The average Bonchev–Trinajstić information content (AvgIpc) is 2.75. The quantitative estimate of drug-likeness (QED) is 0.251. The van der Waals surface area contributed by atoms with Crippen molar-refractivity contribution in [3.63, 3.8) is 0 Å². The highest BCUT2D eigenvalue weighted by Crippen LogP contribution is 2.38. The monoisotopic (exact) mass is 390 g/mol. The number of rotatable bonds is 7. The third-order valence-electron chi connectivity index (χ3n) is 4.05. The maximum absolute atomic E-state index is 11.4. The standard InChI is InChI=1S/C23H22N2O4/c1-17(26)29-23-21(27-2)14-18(15-22(23)28-3)16-24-25(19-10-6-4-7-11-19)20-12-8-5-9-13-20/h4-16H,1-3H3. The fourth-order valence-electron chi connectivity index (χ4n) is 2.76. The predicted molar refractivity (Wildman–Crippen MR) is 113 cm³/mol. The minimum absolute atomic E-state index is 0.239. The highest BCUT2D eigenvalue weighted by Gasteiger charge is 2.16. The van der Waals surface area contributed by atoms with Gasteiger partial charge in [-0.3, -0.25) is 4.79 Å². The molecule has 148 valence electrons. The van der Waals surface area contributed by atoms with Gasteiger partial charge in [0.05, 0.1) is 31.8 Å². The number of methoxy groups -OCH3 is 2. The molecule has 3 rings (SSSR count). The number of para-hydroxylation sites is 2. The topological polar surface area (TPSA) is 60.4 Å². The first-order valence-corrected chi connectivity index (χ1v) is 9.01. The summed E-state index contributed by atoms with van der Waals surface area (Å²) in [5.41, 5.74) is 2.57. The summed E-state index contributed by atoms with van der Waals surface area (Å²) >= 11 is 0. The molecule has 3 aromatic carbocycles. The first-order chi connectivity index (χ1) is 14.1. The van der Waals surface area contributed by atoms with Crippen LogP contribution >= 0.6 is 0 Å². The van der Waals surface area contributed by atoms with E-state index in [1.54, 1.807) is 18.3 Å². The minimum atomic E-state index is -0.456. The van der Waals surface area contributed by atoms with Crippen molar-refractivity contribution in [3.8, 4) is 17.2 Å². The summed E-state index contributed by atoms with van der Waals surface area (Å²) in [6, 6.07) is 23.1. The zero-order valence-electron chi connectivity index (χ0n) is 16.5. The predicted octanol–water partition coefficient (Wildman–Crippen LogP) is 4.80. The van der Waals surface area contributed by atoms with Gasteiger partial charge in [-0.05, 0) is 36.4 Å². The van der Waals surface area contributed by atoms with E-state index >= 15 is 0 Å². The SMILES string of the molecule is COc1cc(C=NN(c2ccccc2)c2ccccc2)cc(OC)c1OC(C)=O. The van der Waals surface area contributed by atoms with Crippen LogP contribution in [0.15, 0.2) is 77.9 Å². The molecule has 29 heavy (non-hydrogen) atoms. The lowest BCUT2D eigenvalue weighted by Gasteiger charge is -2.19. The number of esters is 1. The van der Waals surface area contributed by atoms with Crippen molar-refractivity contribution in [3.05, 3.63) is 78.4 Å². The van der Waals surface area contributed by atoms with Gasteiger partial charge in [-0.25, -0.2) is 5.01 Å². The molecule has 0 aromatic heterocycles. The zero-order chi connectivity index (χ0) is 20.6. The molecular formula is C23H22N2O4. The summed E-state index contributed by atoms with van der Waals surface area (Å²) in [6.07, 6.45) is 1.70. The van der Waals surface area contributed by atoms with Crippen molar-refractivity contribution in [2.24, 2.45) is 5.10 Å². The van der Waals surface area contributed by atoms with E-state index in [1.807, 2.05) is 65.7 Å². The number of hydrogen-bond donors (Lipinski definition) is 0. The van der Waals surface area contributed by atoms with Gasteiger partial charge >= 0.3 is 5.97 Å². The smallest absolute Gasteiger partial charge is 0.308 e. The van der Waals surface area contributed by atoms with E-state index in [0.717, 1.165) is 16.9 Å². The average molecular weight is 390 g/mol. The van der Waals surface area contributed by atoms with Gasteiger partial charge in [-0.15, -0.1) is 0 Å². The van der Waals surface area contributed by atoms with E-state index in [9.17, 15) is 4.79 Å². The lowest BCUT2D eigenvalue weighted by molar-refractivity contribution is -0.132. The van der Waals surface area contributed by atoms with Crippen LogP contribution in [0.25, 0.3) is 0 Å². The van der Waals surface area contributed by atoms with E-state index in [1.165, 1.54) is 21.1 Å². The summed E-state index contributed by atoms with van der Waals surface area (Å²) in [4.78, 5) is 11.4. The second-order valence-corrected chi connectivity index (χ2v) is 6.08. The molecule has 0 unspecified atom stereocenters. The van der Waals surface area contributed by atoms with Crippen molar-refractivity contribution < 1.29 is 19.0 Å². The Morgan fingerprint density at radius 2 is 1.34 bits per heavy atom. The molecule has 6 nitrogen and oxygen atoms in total. The van der Waals surface area contributed by atoms with Crippen molar-refractivity contribution in [2.45, 2.75) is 6.92 Å². The second kappa shape index (κ2) is 9.41. The summed E-state index contributed by atoms with van der Waals surface area (Å²) in [7, 11) is 3.01. The number of nitrogens with zero attached hydrogens (tertiary/aromatic N) is 2. The highest BCUT2D eigenvalue weighted by atomic mass is 16.6. The summed E-state index contributed by atoms with van der Waals surface area (Å²) in [5.74, 6) is 0.545. The highest BCUT2D eigenvalue weighted by molar-refractivity contribution is 5.85. The van der Waals surface area contributed by atoms with Crippen LogP contribution in [-0.4, -0.2) is 26.4 Å². The van der Waals surface area contributed by atoms with Gasteiger partial charge in [0.25, 0.3) is 0 Å². The first-order valence-electron chi connectivity index (χ1n) is 9.01. The number of carbonyl (C=O) groups excluding carboxylic acids is 1. The van der Waals surface area contributed by atoms with Crippen LogP contribution in [0.3, 0.4) is 0 Å². The molecular weight excluding hydrogens is 368 g/mol. The van der Waals surface area contributed by atoms with Crippen LogP contribution in [0.5, 0.6) is 17.2 Å². The second-order valence-electron chi connectivity index (χ2n) is 6.08. The fraction of sp³-hybridized carbons (Fsp3) is 0.130. The molecule has 0 N–H and O–H groups in total. The van der Waals surface area contributed by atoms with Gasteiger partial charge in [-0.1, -0.05) is 36.4 Å². The van der Waals surface area contributed by atoms with Gasteiger partial charge in [0.2, 0.25) is 5.75 Å². The van der Waals surface area contributed by atoms with Gasteiger partial charge < -0.3 is 14.2 Å². The number of ether oxygens (including phenoxy) is 3. The number of carbonyl (C=O) groups is 1. The molecule has 0 aliphatic carbocycles. The lowest BCUT2D eigenvalue weighted by Crippen LogP contribution is -2.09. The van der Waals surface area contributed by atoms with Crippen molar-refractivity contribution in [1.82, 2.24) is 0 Å². The molecule has 0 radical (unpaired) electrons. The Labute approximate surface area is 169 Å². The van der Waals surface area contributed by atoms with Crippen LogP contribution in [0.2, 0.25) is 0 Å². The summed E-state index contributed by atoms with van der Waals surface area (Å²) < 4.78 is 16.0. The van der Waals surface area contributed by atoms with E-state index < -0.39 is 5.97 Å². The number of benzene rings is 3. The van der Waals surface area contributed by atoms with Crippen molar-refractivity contribution in [1.29, 1.82) is 0 Å². The first kappa shape index (κ1) is 19.9. The maximum atomic E-state index is 11.4. The summed E-state index contributed by atoms with van der Waals surface area (Å²) in [5, 5.41) is 6.50. The maximum Gasteiger partial charge on any atom is 0.308 e. The molecule has 0 amide bonds. The molecule has 3 aromatic rings. The number of hydrazone groups is 1. The van der Waals surface area contributed by atoms with Gasteiger partial charge in [0.15, 0.2) is 11.5 Å². The minimum Gasteiger partial charge on any atom is -0.493 e. The molecule has 0 aliphatic heterocycles. The molecule has 0 saturated heterocycles. The molecule has 0 spiro atoms. The third kappa shape index (κ3) is 4.93. The normalized spacial score (nSPS) is 10.6. The molecule has 6 heteroatoms. The van der Waals surface area contributed by atoms with Crippen LogP contribution < -0.4 is 19.2 Å². The molecule has 0 heterocycles. The molecule has 0 fully saturated rings. The van der Waals surface area contributed by atoms with E-state index in [0.29, 0.717) is 11.5 Å². The molecule has 0 atom stereocenters. The molecule has 0 bridgehead atoms. The van der Waals surface area contributed by atoms with E-state index in [-0.39, 0.29) is 5.75 Å². The fourth-order valence-corrected chi connectivity index (χ4v) is 2.76. The third-order valence-corrected chi connectivity index (χ3v) is 4.05. The van der Waals surface area contributed by atoms with E-state index in [2.05, 4.69) is 5.10 Å². The van der Waals surface area contributed by atoms with Crippen molar-refractivity contribution in [2.75, 3.05) is 19.2 Å². The summed E-state index contributed by atoms with van der Waals surface area (Å²) in [6.45, 7) is 1.33. The Balaban J connectivity index is 2.00. The van der Waals surface area contributed by atoms with Crippen LogP contribution in [0, 0.1) is 0 Å².